The zero-order valence-corrected chi connectivity index (χ0v) is 21.2. The average molecular weight is 511 g/mol. The molecule has 1 aliphatic carbocycles. The molecule has 4 rings (SSSR count). The Bertz CT molecular complexity index is 1190. The van der Waals surface area contributed by atoms with Crippen LogP contribution in [0.2, 0.25) is 0 Å². The largest absolute Gasteiger partial charge is 0.490 e. The van der Waals surface area contributed by atoms with Crippen molar-refractivity contribution in [2.24, 2.45) is 0 Å². The summed E-state index contributed by atoms with van der Waals surface area (Å²) >= 11 is 0. The van der Waals surface area contributed by atoms with E-state index in [0.29, 0.717) is 36.5 Å². The highest BCUT2D eigenvalue weighted by molar-refractivity contribution is 5.65. The van der Waals surface area contributed by atoms with Gasteiger partial charge in [-0.1, -0.05) is 42.5 Å². The molecule has 196 valence electrons. The average Bonchev–Trinajstić information content (AvgIpc) is 2.91. The Kier molecular flexibility index (Phi) is 9.29. The van der Waals surface area contributed by atoms with E-state index < -0.39 is 17.5 Å². The van der Waals surface area contributed by atoms with Gasteiger partial charge in [-0.25, -0.2) is 13.2 Å². The van der Waals surface area contributed by atoms with Gasteiger partial charge in [0.1, 0.15) is 12.4 Å². The summed E-state index contributed by atoms with van der Waals surface area (Å²) in [6.07, 6.45) is 5.88. The molecule has 1 fully saturated rings. The molecule has 0 unspecified atom stereocenters. The van der Waals surface area contributed by atoms with E-state index in [9.17, 15) is 4.39 Å². The summed E-state index contributed by atoms with van der Waals surface area (Å²) in [5.74, 6) is -1.53. The summed E-state index contributed by atoms with van der Waals surface area (Å²) in [5, 5.41) is 0. The summed E-state index contributed by atoms with van der Waals surface area (Å²) in [6, 6.07) is 14.9. The van der Waals surface area contributed by atoms with E-state index in [-0.39, 0.29) is 29.9 Å². The maximum absolute atomic E-state index is 15.1. The molecule has 6 heteroatoms. The summed E-state index contributed by atoms with van der Waals surface area (Å²) in [4.78, 5) is 0. The molecule has 0 N–H and O–H groups in total. The van der Waals surface area contributed by atoms with Crippen LogP contribution in [0.1, 0.15) is 56.1 Å². The third-order valence-electron chi connectivity index (χ3n) is 6.78. The third-order valence-corrected chi connectivity index (χ3v) is 6.78. The fourth-order valence-electron chi connectivity index (χ4n) is 4.77. The molecule has 0 radical (unpaired) electrons. The van der Waals surface area contributed by atoms with Gasteiger partial charge in [0, 0.05) is 18.2 Å². The lowest BCUT2D eigenvalue weighted by Crippen LogP contribution is -2.21. The highest BCUT2D eigenvalue weighted by Crippen LogP contribution is 2.38. The zero-order valence-electron chi connectivity index (χ0n) is 21.2. The van der Waals surface area contributed by atoms with Gasteiger partial charge >= 0.3 is 0 Å². The predicted molar refractivity (Wildman–Crippen MR) is 139 cm³/mol. The first-order valence-corrected chi connectivity index (χ1v) is 12.8. The van der Waals surface area contributed by atoms with E-state index in [2.05, 4.69) is 6.58 Å². The molecular weight excluding hydrogens is 477 g/mol. The number of benzene rings is 3. The Balaban J connectivity index is 1.37. The standard InChI is InChI=1S/C31H33F3O3/c1-3-5-18-36-29-17-14-25(19-28(29)32)37-20-21-6-8-22(9-7-21)26-15-16-27(31(34)30(26)33)23-10-12-24(13-11-23)35-4-2/h3,6-9,14-17,19,23-24H,1,4-5,10-13,18,20H2,2H3. The van der Waals surface area contributed by atoms with Crippen LogP contribution in [-0.4, -0.2) is 19.3 Å². The monoisotopic (exact) mass is 510 g/mol. The Hall–Kier alpha value is -3.25. The van der Waals surface area contributed by atoms with Gasteiger partial charge in [0.25, 0.3) is 0 Å². The van der Waals surface area contributed by atoms with Gasteiger partial charge < -0.3 is 14.2 Å². The van der Waals surface area contributed by atoms with Gasteiger partial charge in [-0.05, 0) is 73.8 Å². The fraction of sp³-hybridized carbons (Fsp3) is 0.355. The molecule has 3 aromatic rings. The molecule has 0 aromatic heterocycles. The van der Waals surface area contributed by atoms with Crippen LogP contribution in [0.4, 0.5) is 13.2 Å². The van der Waals surface area contributed by atoms with Crippen LogP contribution in [-0.2, 0) is 11.3 Å². The fourth-order valence-corrected chi connectivity index (χ4v) is 4.77. The summed E-state index contributed by atoms with van der Waals surface area (Å²) in [7, 11) is 0. The molecule has 37 heavy (non-hydrogen) atoms. The molecule has 0 aliphatic heterocycles. The second kappa shape index (κ2) is 12.8. The van der Waals surface area contributed by atoms with Crippen molar-refractivity contribution >= 4 is 0 Å². The van der Waals surface area contributed by atoms with E-state index in [1.54, 1.807) is 48.5 Å². The van der Waals surface area contributed by atoms with Crippen LogP contribution in [0.15, 0.2) is 67.3 Å². The lowest BCUT2D eigenvalue weighted by atomic mass is 9.82. The van der Waals surface area contributed by atoms with Crippen molar-refractivity contribution in [3.63, 3.8) is 0 Å². The van der Waals surface area contributed by atoms with Gasteiger partial charge in [-0.3, -0.25) is 0 Å². The molecular formula is C31H33F3O3. The summed E-state index contributed by atoms with van der Waals surface area (Å²) < 4.78 is 61.0. The molecule has 3 nitrogen and oxygen atoms in total. The van der Waals surface area contributed by atoms with Crippen LogP contribution in [0.3, 0.4) is 0 Å². The molecule has 0 atom stereocenters. The van der Waals surface area contributed by atoms with E-state index in [1.165, 1.54) is 12.1 Å². The van der Waals surface area contributed by atoms with Crippen molar-refractivity contribution in [2.75, 3.05) is 13.2 Å². The van der Waals surface area contributed by atoms with Crippen molar-refractivity contribution < 1.29 is 27.4 Å². The molecule has 1 aliphatic rings. The van der Waals surface area contributed by atoms with Gasteiger partial charge in [-0.2, -0.15) is 0 Å². The van der Waals surface area contributed by atoms with Crippen molar-refractivity contribution in [3.8, 4) is 22.6 Å². The number of hydrogen-bond donors (Lipinski definition) is 0. The number of halogens is 3. The minimum Gasteiger partial charge on any atom is -0.490 e. The van der Waals surface area contributed by atoms with Crippen LogP contribution < -0.4 is 9.47 Å². The normalized spacial score (nSPS) is 17.4. The highest BCUT2D eigenvalue weighted by Gasteiger charge is 2.26. The topological polar surface area (TPSA) is 27.7 Å². The molecule has 0 bridgehead atoms. The van der Waals surface area contributed by atoms with Gasteiger partial charge in [0.15, 0.2) is 23.2 Å². The van der Waals surface area contributed by atoms with Gasteiger partial charge in [0.05, 0.1) is 12.7 Å². The number of ether oxygens (including phenoxy) is 3. The molecule has 3 aromatic carbocycles. The van der Waals surface area contributed by atoms with Crippen LogP contribution >= 0.6 is 0 Å². The van der Waals surface area contributed by atoms with Gasteiger partial charge in [-0.15, -0.1) is 6.58 Å². The second-order valence-corrected chi connectivity index (χ2v) is 9.26. The van der Waals surface area contributed by atoms with E-state index in [0.717, 1.165) is 31.2 Å². The number of rotatable bonds is 11. The van der Waals surface area contributed by atoms with E-state index in [1.807, 2.05) is 6.92 Å². The van der Waals surface area contributed by atoms with Crippen LogP contribution in [0, 0.1) is 17.5 Å². The van der Waals surface area contributed by atoms with E-state index >= 15 is 8.78 Å². The SMILES string of the molecule is C=CCCOc1ccc(OCc2ccc(-c3ccc(C4CCC(OCC)CC4)c(F)c3F)cc2)cc1F. The quantitative estimate of drug-likeness (QED) is 0.192. The van der Waals surface area contributed by atoms with Crippen molar-refractivity contribution in [1.82, 2.24) is 0 Å². The predicted octanol–water partition coefficient (Wildman–Crippen LogP) is 8.37. The maximum Gasteiger partial charge on any atom is 0.168 e. The van der Waals surface area contributed by atoms with Crippen molar-refractivity contribution in [2.45, 2.75) is 57.7 Å². The van der Waals surface area contributed by atoms with Crippen LogP contribution in [0.5, 0.6) is 11.5 Å². The minimum atomic E-state index is -0.820. The lowest BCUT2D eigenvalue weighted by molar-refractivity contribution is 0.0325. The molecule has 0 heterocycles. The summed E-state index contributed by atoms with van der Waals surface area (Å²) in [6.45, 7) is 6.82. The lowest BCUT2D eigenvalue weighted by Gasteiger charge is -2.29. The minimum absolute atomic E-state index is 0.0115. The smallest absolute Gasteiger partial charge is 0.168 e. The highest BCUT2D eigenvalue weighted by atomic mass is 19.2. The molecule has 0 spiro atoms. The van der Waals surface area contributed by atoms with Crippen molar-refractivity contribution in [1.29, 1.82) is 0 Å². The summed E-state index contributed by atoms with van der Waals surface area (Å²) in [5.41, 5.74) is 2.08. The van der Waals surface area contributed by atoms with E-state index in [4.69, 9.17) is 14.2 Å². The molecule has 1 saturated carbocycles. The van der Waals surface area contributed by atoms with Crippen molar-refractivity contribution in [3.05, 3.63) is 95.8 Å². The second-order valence-electron chi connectivity index (χ2n) is 9.26. The maximum atomic E-state index is 15.1. The Labute approximate surface area is 216 Å². The zero-order chi connectivity index (χ0) is 26.2. The number of hydrogen-bond acceptors (Lipinski definition) is 3. The van der Waals surface area contributed by atoms with Crippen LogP contribution in [0.25, 0.3) is 11.1 Å². The first kappa shape index (κ1) is 26.8. The Morgan fingerprint density at radius 1 is 0.892 bits per heavy atom. The Morgan fingerprint density at radius 3 is 2.32 bits per heavy atom. The van der Waals surface area contributed by atoms with Gasteiger partial charge in [0.2, 0.25) is 0 Å². The first-order chi connectivity index (χ1) is 18.0. The third kappa shape index (κ3) is 6.75. The first-order valence-electron chi connectivity index (χ1n) is 12.8. The molecule has 0 saturated heterocycles. The Morgan fingerprint density at radius 2 is 1.65 bits per heavy atom. The molecule has 0 amide bonds.